The van der Waals surface area contributed by atoms with Crippen LogP contribution in [0.5, 0.6) is 0 Å². The highest BCUT2D eigenvalue weighted by Gasteiger charge is 2.27. The molecule has 3 heteroatoms. The Morgan fingerprint density at radius 3 is 3.06 bits per heavy atom. The summed E-state index contributed by atoms with van der Waals surface area (Å²) in [6.45, 7) is 4.89. The molecule has 0 saturated carbocycles. The van der Waals surface area contributed by atoms with E-state index < -0.39 is 0 Å². The van der Waals surface area contributed by atoms with E-state index in [1.54, 1.807) is 0 Å². The van der Waals surface area contributed by atoms with Crippen molar-refractivity contribution in [2.75, 3.05) is 13.1 Å². The Hall–Kier alpha value is -0.860. The Bertz CT molecular complexity index is 419. The molecular weight excluding hydrogens is 246 g/mol. The number of ketones is 1. The van der Waals surface area contributed by atoms with Gasteiger partial charge < -0.3 is 0 Å². The summed E-state index contributed by atoms with van der Waals surface area (Å²) in [5.41, 5.74) is 1.23. The van der Waals surface area contributed by atoms with Gasteiger partial charge in [0.25, 0.3) is 0 Å². The van der Waals surface area contributed by atoms with Crippen LogP contribution in [0.1, 0.15) is 31.7 Å². The van der Waals surface area contributed by atoms with Gasteiger partial charge in [0.1, 0.15) is 5.78 Å². The molecule has 1 fully saturated rings. The molecule has 98 valence electrons. The van der Waals surface area contributed by atoms with Crippen LogP contribution in [0.2, 0.25) is 5.02 Å². The van der Waals surface area contributed by atoms with Gasteiger partial charge in [-0.3, -0.25) is 9.69 Å². The van der Waals surface area contributed by atoms with E-state index in [0.29, 0.717) is 5.78 Å². The number of nitrogens with zero attached hydrogens (tertiary/aromatic N) is 1. The molecule has 0 aromatic heterocycles. The van der Waals surface area contributed by atoms with E-state index in [1.807, 2.05) is 18.2 Å². The Balaban J connectivity index is 1.88. The van der Waals surface area contributed by atoms with Gasteiger partial charge in [0.05, 0.1) is 0 Å². The first-order chi connectivity index (χ1) is 8.69. The molecule has 2 nitrogen and oxygen atoms in total. The van der Waals surface area contributed by atoms with E-state index >= 15 is 0 Å². The molecule has 0 spiro atoms. The quantitative estimate of drug-likeness (QED) is 0.812. The largest absolute Gasteiger partial charge is 0.299 e. The van der Waals surface area contributed by atoms with Crippen molar-refractivity contribution in [3.05, 3.63) is 34.9 Å². The summed E-state index contributed by atoms with van der Waals surface area (Å²) in [6, 6.07) is 7.96. The van der Waals surface area contributed by atoms with Crippen LogP contribution in [0, 0.1) is 5.92 Å². The molecule has 0 N–H and O–H groups in total. The maximum atomic E-state index is 11.8. The number of carbonyl (C=O) groups is 1. The molecule has 0 bridgehead atoms. The summed E-state index contributed by atoms with van der Waals surface area (Å²) in [7, 11) is 0. The second-order valence-electron chi connectivity index (χ2n) is 5.07. The van der Waals surface area contributed by atoms with Crippen molar-refractivity contribution >= 4 is 17.4 Å². The van der Waals surface area contributed by atoms with Gasteiger partial charge in [0, 0.05) is 30.5 Å². The number of rotatable bonds is 5. The summed E-state index contributed by atoms with van der Waals surface area (Å²) in [6.07, 6.45) is 2.71. The second-order valence-corrected chi connectivity index (χ2v) is 5.50. The van der Waals surface area contributed by atoms with E-state index in [0.717, 1.165) is 43.9 Å². The van der Waals surface area contributed by atoms with E-state index in [2.05, 4.69) is 17.9 Å². The van der Waals surface area contributed by atoms with Crippen LogP contribution in [-0.2, 0) is 11.3 Å². The third-order valence-corrected chi connectivity index (χ3v) is 3.75. The third kappa shape index (κ3) is 3.56. The molecule has 1 aliphatic heterocycles. The number of benzene rings is 1. The van der Waals surface area contributed by atoms with Crippen molar-refractivity contribution in [1.29, 1.82) is 0 Å². The molecule has 1 atom stereocenters. The van der Waals surface area contributed by atoms with Crippen molar-refractivity contribution in [2.45, 2.75) is 32.7 Å². The average Bonchev–Trinajstić information content (AvgIpc) is 2.78. The van der Waals surface area contributed by atoms with Crippen LogP contribution in [0.3, 0.4) is 0 Å². The summed E-state index contributed by atoms with van der Waals surface area (Å²) < 4.78 is 0. The monoisotopic (exact) mass is 265 g/mol. The van der Waals surface area contributed by atoms with Crippen molar-refractivity contribution < 1.29 is 4.79 Å². The molecular formula is C15H20ClNO. The van der Waals surface area contributed by atoms with Gasteiger partial charge in [0.15, 0.2) is 0 Å². The van der Waals surface area contributed by atoms with Crippen LogP contribution >= 0.6 is 11.6 Å². The fourth-order valence-corrected chi connectivity index (χ4v) is 2.80. The third-order valence-electron chi connectivity index (χ3n) is 3.52. The van der Waals surface area contributed by atoms with Gasteiger partial charge in [-0.15, -0.1) is 0 Å². The van der Waals surface area contributed by atoms with Crippen LogP contribution in [-0.4, -0.2) is 23.8 Å². The summed E-state index contributed by atoms with van der Waals surface area (Å²) in [4.78, 5) is 14.2. The van der Waals surface area contributed by atoms with E-state index in [9.17, 15) is 4.79 Å². The second kappa shape index (κ2) is 6.35. The van der Waals surface area contributed by atoms with Gasteiger partial charge >= 0.3 is 0 Å². The zero-order valence-electron chi connectivity index (χ0n) is 10.9. The number of hydrogen-bond donors (Lipinski definition) is 0. The van der Waals surface area contributed by atoms with Crippen LogP contribution in [0.4, 0.5) is 0 Å². The predicted octanol–water partition coefficient (Wildman–Crippen LogP) is 3.53. The van der Waals surface area contributed by atoms with Gasteiger partial charge in [-0.25, -0.2) is 0 Å². The molecule has 0 aliphatic carbocycles. The first kappa shape index (κ1) is 13.6. The number of hydrogen-bond acceptors (Lipinski definition) is 2. The minimum atomic E-state index is 0.254. The minimum absolute atomic E-state index is 0.254. The van der Waals surface area contributed by atoms with E-state index in [4.69, 9.17) is 11.6 Å². The molecule has 2 rings (SSSR count). The van der Waals surface area contributed by atoms with Crippen molar-refractivity contribution in [3.8, 4) is 0 Å². The fraction of sp³-hybridized carbons (Fsp3) is 0.533. The molecule has 1 aromatic carbocycles. The molecule has 18 heavy (non-hydrogen) atoms. The molecule has 0 amide bonds. The van der Waals surface area contributed by atoms with Crippen molar-refractivity contribution in [2.24, 2.45) is 5.92 Å². The SMILES string of the molecule is CCCC(=O)C1CCN(Cc2cccc(Cl)c2)C1. The predicted molar refractivity (Wildman–Crippen MR) is 74.8 cm³/mol. The first-order valence-corrected chi connectivity index (χ1v) is 7.06. The summed E-state index contributed by atoms with van der Waals surface area (Å²) in [5, 5.41) is 0.783. The maximum Gasteiger partial charge on any atom is 0.137 e. The lowest BCUT2D eigenvalue weighted by atomic mass is 10.00. The zero-order chi connectivity index (χ0) is 13.0. The number of carbonyl (C=O) groups excluding carboxylic acids is 1. The van der Waals surface area contributed by atoms with E-state index in [-0.39, 0.29) is 5.92 Å². The molecule has 1 aromatic rings. The molecule has 0 radical (unpaired) electrons. The van der Waals surface area contributed by atoms with Crippen LogP contribution in [0.15, 0.2) is 24.3 Å². The number of likely N-dealkylation sites (tertiary alicyclic amines) is 1. The van der Waals surface area contributed by atoms with Crippen molar-refractivity contribution in [3.63, 3.8) is 0 Å². The smallest absolute Gasteiger partial charge is 0.137 e. The summed E-state index contributed by atoms with van der Waals surface area (Å²) >= 11 is 5.98. The Morgan fingerprint density at radius 2 is 2.33 bits per heavy atom. The van der Waals surface area contributed by atoms with Crippen LogP contribution < -0.4 is 0 Å². The fourth-order valence-electron chi connectivity index (χ4n) is 2.58. The van der Waals surface area contributed by atoms with Crippen LogP contribution in [0.25, 0.3) is 0 Å². The van der Waals surface area contributed by atoms with Gasteiger partial charge in [0.2, 0.25) is 0 Å². The summed E-state index contributed by atoms with van der Waals surface area (Å²) in [5.74, 6) is 0.690. The van der Waals surface area contributed by atoms with E-state index in [1.165, 1.54) is 5.56 Å². The molecule has 1 unspecified atom stereocenters. The normalized spacial score (nSPS) is 20.2. The highest BCUT2D eigenvalue weighted by atomic mass is 35.5. The number of Topliss-reactive ketones (excluding diaryl/α,β-unsaturated/α-hetero) is 1. The number of halogens is 1. The average molecular weight is 266 g/mol. The Kier molecular flexibility index (Phi) is 4.79. The Morgan fingerprint density at radius 1 is 1.50 bits per heavy atom. The van der Waals surface area contributed by atoms with Gasteiger partial charge in [-0.2, -0.15) is 0 Å². The van der Waals surface area contributed by atoms with Gasteiger partial charge in [-0.05, 0) is 37.1 Å². The molecule has 1 aliphatic rings. The lowest BCUT2D eigenvalue weighted by molar-refractivity contribution is -0.122. The topological polar surface area (TPSA) is 20.3 Å². The van der Waals surface area contributed by atoms with Gasteiger partial charge in [-0.1, -0.05) is 30.7 Å². The Labute approximate surface area is 114 Å². The maximum absolute atomic E-state index is 11.8. The highest BCUT2D eigenvalue weighted by molar-refractivity contribution is 6.30. The molecule has 1 heterocycles. The standard InChI is InChI=1S/C15H20ClNO/c1-2-4-15(18)13-7-8-17(11-13)10-12-5-3-6-14(16)9-12/h3,5-6,9,13H,2,4,7-8,10-11H2,1H3. The highest BCUT2D eigenvalue weighted by Crippen LogP contribution is 2.22. The van der Waals surface area contributed by atoms with Crippen molar-refractivity contribution in [1.82, 2.24) is 4.90 Å². The molecule has 1 saturated heterocycles. The lowest BCUT2D eigenvalue weighted by Gasteiger charge is -2.15. The zero-order valence-corrected chi connectivity index (χ0v) is 11.6. The lowest BCUT2D eigenvalue weighted by Crippen LogP contribution is -2.22. The minimum Gasteiger partial charge on any atom is -0.299 e. The first-order valence-electron chi connectivity index (χ1n) is 6.68.